The molecule has 1 aromatic carbocycles. The Hall–Kier alpha value is -1.88. The van der Waals surface area contributed by atoms with Crippen LogP contribution in [-0.2, 0) is 14.3 Å². The number of rotatable bonds is 2. The van der Waals surface area contributed by atoms with Gasteiger partial charge in [0, 0.05) is 31.9 Å². The Balaban J connectivity index is 1.50. The van der Waals surface area contributed by atoms with E-state index >= 15 is 0 Å². The molecule has 128 valence electrons. The van der Waals surface area contributed by atoms with Gasteiger partial charge in [-0.15, -0.1) is 0 Å². The van der Waals surface area contributed by atoms with Crippen LogP contribution in [0.2, 0.25) is 0 Å². The largest absolute Gasteiger partial charge is 0.381 e. The van der Waals surface area contributed by atoms with E-state index in [9.17, 15) is 9.59 Å². The van der Waals surface area contributed by atoms with Crippen LogP contribution >= 0.6 is 0 Å². The zero-order chi connectivity index (χ0) is 16.6. The van der Waals surface area contributed by atoms with Crippen molar-refractivity contribution in [2.75, 3.05) is 37.7 Å². The minimum atomic E-state index is -0.386. The quantitative estimate of drug-likeness (QED) is 0.835. The van der Waals surface area contributed by atoms with Crippen molar-refractivity contribution in [2.45, 2.75) is 25.7 Å². The van der Waals surface area contributed by atoms with Crippen molar-refractivity contribution in [2.24, 2.45) is 11.3 Å². The van der Waals surface area contributed by atoms with Crippen LogP contribution in [0.15, 0.2) is 30.3 Å². The number of benzene rings is 1. The highest BCUT2D eigenvalue weighted by molar-refractivity contribution is 6.00. The van der Waals surface area contributed by atoms with E-state index in [4.69, 9.17) is 4.74 Å². The smallest absolute Gasteiger partial charge is 0.235 e. The summed E-state index contributed by atoms with van der Waals surface area (Å²) in [6.45, 7) is 3.31. The number of amides is 2. The van der Waals surface area contributed by atoms with Crippen molar-refractivity contribution in [3.05, 3.63) is 30.3 Å². The number of carbonyl (C=O) groups excluding carboxylic acids is 2. The van der Waals surface area contributed by atoms with Crippen LogP contribution in [0.5, 0.6) is 0 Å². The van der Waals surface area contributed by atoms with E-state index in [0.29, 0.717) is 19.8 Å². The monoisotopic (exact) mass is 328 g/mol. The molecule has 3 aliphatic rings. The molecular formula is C19H24N2O3. The molecule has 2 amide bonds. The van der Waals surface area contributed by atoms with Crippen LogP contribution in [0.25, 0.3) is 0 Å². The Morgan fingerprint density at radius 2 is 2.00 bits per heavy atom. The van der Waals surface area contributed by atoms with Crippen molar-refractivity contribution >= 4 is 17.5 Å². The first-order chi connectivity index (χ1) is 11.7. The fourth-order valence-corrected chi connectivity index (χ4v) is 4.36. The van der Waals surface area contributed by atoms with Gasteiger partial charge in [0.1, 0.15) is 0 Å². The molecule has 3 fully saturated rings. The first-order valence-electron chi connectivity index (χ1n) is 8.93. The van der Waals surface area contributed by atoms with E-state index in [-0.39, 0.29) is 23.1 Å². The van der Waals surface area contributed by atoms with Gasteiger partial charge in [-0.3, -0.25) is 9.59 Å². The summed E-state index contributed by atoms with van der Waals surface area (Å²) in [5, 5.41) is 0. The molecule has 0 N–H and O–H groups in total. The molecule has 3 heterocycles. The van der Waals surface area contributed by atoms with Gasteiger partial charge in [-0.2, -0.15) is 0 Å². The highest BCUT2D eigenvalue weighted by Gasteiger charge is 2.50. The van der Waals surface area contributed by atoms with Crippen LogP contribution in [0.4, 0.5) is 5.69 Å². The van der Waals surface area contributed by atoms with Crippen LogP contribution < -0.4 is 4.90 Å². The number of ether oxygens (including phenoxy) is 1. The van der Waals surface area contributed by atoms with E-state index in [1.165, 1.54) is 0 Å². The lowest BCUT2D eigenvalue weighted by atomic mass is 9.78. The highest BCUT2D eigenvalue weighted by Crippen LogP contribution is 2.42. The lowest BCUT2D eigenvalue weighted by molar-refractivity contribution is -0.141. The van der Waals surface area contributed by atoms with Gasteiger partial charge in [0.05, 0.1) is 17.9 Å². The summed E-state index contributed by atoms with van der Waals surface area (Å²) in [4.78, 5) is 29.7. The van der Waals surface area contributed by atoms with Gasteiger partial charge in [0.25, 0.3) is 0 Å². The number of anilines is 1. The van der Waals surface area contributed by atoms with Gasteiger partial charge in [0.2, 0.25) is 11.8 Å². The van der Waals surface area contributed by atoms with Crippen molar-refractivity contribution in [3.63, 3.8) is 0 Å². The summed E-state index contributed by atoms with van der Waals surface area (Å²) in [5.74, 6) is 0.355. The van der Waals surface area contributed by atoms with Crippen LogP contribution in [0, 0.1) is 11.3 Å². The molecular weight excluding hydrogens is 304 g/mol. The topological polar surface area (TPSA) is 49.9 Å². The third-order valence-electron chi connectivity index (χ3n) is 5.75. The minimum absolute atomic E-state index is 0.0121. The predicted molar refractivity (Wildman–Crippen MR) is 90.6 cm³/mol. The molecule has 24 heavy (non-hydrogen) atoms. The summed E-state index contributed by atoms with van der Waals surface area (Å²) in [6.07, 6.45) is 3.45. The normalized spacial score (nSPS) is 30.3. The third kappa shape index (κ3) is 2.61. The number of carbonyl (C=O) groups is 2. The molecule has 0 aliphatic carbocycles. The number of nitrogens with zero attached hydrogens (tertiary/aromatic N) is 2. The fourth-order valence-electron chi connectivity index (χ4n) is 4.36. The maximum atomic E-state index is 13.1. The first-order valence-corrected chi connectivity index (χ1v) is 8.93. The first kappa shape index (κ1) is 15.6. The summed E-state index contributed by atoms with van der Waals surface area (Å²) in [5.41, 5.74) is 0.579. The Morgan fingerprint density at radius 3 is 2.75 bits per heavy atom. The molecule has 4 rings (SSSR count). The molecule has 0 saturated carbocycles. The average Bonchev–Trinajstić information content (AvgIpc) is 3.26. The van der Waals surface area contributed by atoms with Crippen molar-refractivity contribution < 1.29 is 14.3 Å². The highest BCUT2D eigenvalue weighted by atomic mass is 16.5. The second kappa shape index (κ2) is 6.20. The fraction of sp³-hybridized carbons (Fsp3) is 0.579. The summed E-state index contributed by atoms with van der Waals surface area (Å²) in [7, 11) is 0. The van der Waals surface area contributed by atoms with Gasteiger partial charge in [-0.25, -0.2) is 0 Å². The standard InChI is InChI=1S/C19H24N2O3/c22-17(15-7-12-24-13-15)20-10-4-8-19(14-20)9-11-21(18(19)23)16-5-2-1-3-6-16/h1-3,5-6,15H,4,7-14H2/t15-,19-/m0/s1. The molecule has 1 spiro atoms. The predicted octanol–water partition coefficient (Wildman–Crippen LogP) is 2.07. The molecule has 3 saturated heterocycles. The zero-order valence-electron chi connectivity index (χ0n) is 13.9. The molecule has 1 aromatic rings. The van der Waals surface area contributed by atoms with Gasteiger partial charge in [0.15, 0.2) is 0 Å². The Morgan fingerprint density at radius 1 is 1.17 bits per heavy atom. The molecule has 5 nitrogen and oxygen atoms in total. The van der Waals surface area contributed by atoms with Gasteiger partial charge in [-0.1, -0.05) is 18.2 Å². The zero-order valence-corrected chi connectivity index (χ0v) is 13.9. The van der Waals surface area contributed by atoms with Crippen LogP contribution in [0.1, 0.15) is 25.7 Å². The second-order valence-electron chi connectivity index (χ2n) is 7.25. The van der Waals surface area contributed by atoms with Crippen molar-refractivity contribution in [1.29, 1.82) is 0 Å². The SMILES string of the molecule is O=C([C@H]1CCOC1)N1CCC[C@]2(CCN(c3ccccc3)C2=O)C1. The maximum Gasteiger partial charge on any atom is 0.235 e. The number of piperidine rings is 1. The lowest BCUT2D eigenvalue weighted by Crippen LogP contribution is -2.51. The number of hydrogen-bond donors (Lipinski definition) is 0. The molecule has 5 heteroatoms. The lowest BCUT2D eigenvalue weighted by Gasteiger charge is -2.39. The molecule has 0 radical (unpaired) electrons. The summed E-state index contributed by atoms with van der Waals surface area (Å²) < 4.78 is 5.36. The van der Waals surface area contributed by atoms with E-state index in [1.807, 2.05) is 40.1 Å². The average molecular weight is 328 g/mol. The Bertz CT molecular complexity index is 627. The Kier molecular flexibility index (Phi) is 4.04. The summed E-state index contributed by atoms with van der Waals surface area (Å²) >= 11 is 0. The van der Waals surface area contributed by atoms with Crippen LogP contribution in [0.3, 0.4) is 0 Å². The van der Waals surface area contributed by atoms with Gasteiger partial charge < -0.3 is 14.5 Å². The van der Waals surface area contributed by atoms with Gasteiger partial charge >= 0.3 is 0 Å². The van der Waals surface area contributed by atoms with Gasteiger partial charge in [-0.05, 0) is 37.8 Å². The number of likely N-dealkylation sites (tertiary alicyclic amines) is 1. The van der Waals surface area contributed by atoms with E-state index < -0.39 is 0 Å². The number of para-hydroxylation sites is 1. The molecule has 0 aromatic heterocycles. The van der Waals surface area contributed by atoms with Crippen LogP contribution in [-0.4, -0.2) is 49.6 Å². The second-order valence-corrected chi connectivity index (χ2v) is 7.25. The molecule has 0 unspecified atom stereocenters. The Labute approximate surface area is 142 Å². The molecule has 0 bridgehead atoms. The maximum absolute atomic E-state index is 13.1. The van der Waals surface area contributed by atoms with E-state index in [1.54, 1.807) is 0 Å². The van der Waals surface area contributed by atoms with E-state index in [0.717, 1.165) is 44.5 Å². The summed E-state index contributed by atoms with van der Waals surface area (Å²) in [6, 6.07) is 9.86. The molecule has 2 atom stereocenters. The molecule has 3 aliphatic heterocycles. The van der Waals surface area contributed by atoms with Crippen molar-refractivity contribution in [3.8, 4) is 0 Å². The van der Waals surface area contributed by atoms with E-state index in [2.05, 4.69) is 0 Å². The van der Waals surface area contributed by atoms with Crippen molar-refractivity contribution in [1.82, 2.24) is 4.90 Å². The number of hydrogen-bond acceptors (Lipinski definition) is 3. The third-order valence-corrected chi connectivity index (χ3v) is 5.75. The minimum Gasteiger partial charge on any atom is -0.381 e.